The lowest BCUT2D eigenvalue weighted by Gasteiger charge is -2.26. The molecule has 0 bridgehead atoms. The van der Waals surface area contributed by atoms with E-state index in [1.165, 1.54) is 0 Å². The lowest BCUT2D eigenvalue weighted by atomic mass is 10.1. The third-order valence-corrected chi connectivity index (χ3v) is 5.56. The van der Waals surface area contributed by atoms with Gasteiger partial charge in [-0.2, -0.15) is 0 Å². The maximum absolute atomic E-state index is 12.9. The van der Waals surface area contributed by atoms with Gasteiger partial charge in [-0.15, -0.1) is 0 Å². The van der Waals surface area contributed by atoms with Gasteiger partial charge < -0.3 is 20.1 Å². The van der Waals surface area contributed by atoms with Gasteiger partial charge in [-0.1, -0.05) is 6.92 Å². The maximum atomic E-state index is 12.9. The number of likely N-dealkylation sites (tertiary alicyclic amines) is 1. The van der Waals surface area contributed by atoms with Crippen molar-refractivity contribution in [1.82, 2.24) is 14.8 Å². The Balaban J connectivity index is 1.70. The second-order valence-electron chi connectivity index (χ2n) is 7.64. The summed E-state index contributed by atoms with van der Waals surface area (Å²) in [6, 6.07) is 9.63. The summed E-state index contributed by atoms with van der Waals surface area (Å²) in [5.74, 6) is -0.0846. The molecule has 1 aromatic heterocycles. The van der Waals surface area contributed by atoms with E-state index in [1.54, 1.807) is 6.07 Å². The van der Waals surface area contributed by atoms with Crippen molar-refractivity contribution in [2.75, 3.05) is 11.9 Å². The Morgan fingerprint density at radius 3 is 2.71 bits per heavy atom. The molecule has 150 valence electrons. The molecule has 1 fully saturated rings. The Hall–Kier alpha value is -2.76. The first-order valence-corrected chi connectivity index (χ1v) is 10.0. The van der Waals surface area contributed by atoms with Gasteiger partial charge in [0, 0.05) is 42.8 Å². The number of aromatic nitrogens is 1. The largest absolute Gasteiger partial charge is 0.353 e. The van der Waals surface area contributed by atoms with Crippen molar-refractivity contribution in [3.05, 3.63) is 53.3 Å². The number of rotatable bonds is 5. The van der Waals surface area contributed by atoms with Crippen LogP contribution < -0.4 is 10.6 Å². The summed E-state index contributed by atoms with van der Waals surface area (Å²) in [7, 11) is 2.01. The van der Waals surface area contributed by atoms with Crippen molar-refractivity contribution in [3.8, 4) is 0 Å². The summed E-state index contributed by atoms with van der Waals surface area (Å²) in [6.45, 7) is 6.68. The highest BCUT2D eigenvalue weighted by atomic mass is 16.2. The zero-order valence-electron chi connectivity index (χ0n) is 17.2. The predicted octanol–water partition coefficient (Wildman–Crippen LogP) is 4.23. The Labute approximate surface area is 166 Å². The number of nitrogens with one attached hydrogen (secondary N) is 2. The monoisotopic (exact) mass is 382 g/mol. The van der Waals surface area contributed by atoms with E-state index in [0.29, 0.717) is 5.56 Å². The highest BCUT2D eigenvalue weighted by molar-refractivity contribution is 5.96. The number of benzene rings is 1. The topological polar surface area (TPSA) is 66.4 Å². The van der Waals surface area contributed by atoms with Crippen LogP contribution in [0.1, 0.15) is 60.8 Å². The summed E-state index contributed by atoms with van der Waals surface area (Å²) in [4.78, 5) is 27.1. The minimum absolute atomic E-state index is 0.0846. The van der Waals surface area contributed by atoms with E-state index in [1.807, 2.05) is 57.1 Å². The molecule has 1 aliphatic rings. The maximum Gasteiger partial charge on any atom is 0.322 e. The lowest BCUT2D eigenvalue weighted by Crippen LogP contribution is -2.35. The molecule has 0 radical (unpaired) electrons. The molecule has 2 unspecified atom stereocenters. The van der Waals surface area contributed by atoms with Crippen LogP contribution >= 0.6 is 0 Å². The van der Waals surface area contributed by atoms with Crippen LogP contribution in [0.5, 0.6) is 0 Å². The Kier molecular flexibility index (Phi) is 6.07. The summed E-state index contributed by atoms with van der Waals surface area (Å²) >= 11 is 0. The number of anilines is 1. The van der Waals surface area contributed by atoms with Gasteiger partial charge >= 0.3 is 6.03 Å². The molecule has 1 aliphatic heterocycles. The van der Waals surface area contributed by atoms with Gasteiger partial charge in [0.05, 0.1) is 6.04 Å². The van der Waals surface area contributed by atoms with Crippen molar-refractivity contribution in [1.29, 1.82) is 0 Å². The van der Waals surface area contributed by atoms with E-state index in [2.05, 4.69) is 21.3 Å². The highest BCUT2D eigenvalue weighted by Gasteiger charge is 2.31. The van der Waals surface area contributed by atoms with Gasteiger partial charge in [-0.05, 0) is 69.0 Å². The molecule has 0 spiro atoms. The lowest BCUT2D eigenvalue weighted by molar-refractivity contribution is 0.0939. The quantitative estimate of drug-likeness (QED) is 0.813. The van der Waals surface area contributed by atoms with Crippen LogP contribution in [-0.4, -0.2) is 34.0 Å². The standard InChI is InChI=1S/C22H30N4O2/c1-5-16(3)23-21(27)17-10-11-18(15(2)14-17)24-22(28)26-13-7-9-20(26)19-8-6-12-25(19)4/h6,8,10-12,14,16,20H,5,7,9,13H2,1-4H3,(H,23,27)(H,24,28). The number of hydrogen-bond acceptors (Lipinski definition) is 2. The number of amides is 3. The molecule has 2 N–H and O–H groups in total. The summed E-state index contributed by atoms with van der Waals surface area (Å²) in [5.41, 5.74) is 3.38. The van der Waals surface area contributed by atoms with Crippen LogP contribution in [0.15, 0.2) is 36.5 Å². The molecule has 1 saturated heterocycles. The second-order valence-corrected chi connectivity index (χ2v) is 7.64. The van der Waals surface area contributed by atoms with Gasteiger partial charge in [0.25, 0.3) is 5.91 Å². The third-order valence-electron chi connectivity index (χ3n) is 5.56. The second kappa shape index (κ2) is 8.50. The van der Waals surface area contributed by atoms with Crippen LogP contribution in [0, 0.1) is 6.92 Å². The van der Waals surface area contributed by atoms with Crippen molar-refractivity contribution in [3.63, 3.8) is 0 Å². The van der Waals surface area contributed by atoms with Crippen LogP contribution in [0.2, 0.25) is 0 Å². The number of carbonyl (C=O) groups is 2. The van der Waals surface area contributed by atoms with Crippen LogP contribution in [0.3, 0.4) is 0 Å². The van der Waals surface area contributed by atoms with Gasteiger partial charge in [0.15, 0.2) is 0 Å². The molecule has 6 nitrogen and oxygen atoms in total. The van der Waals surface area contributed by atoms with E-state index in [0.717, 1.165) is 42.8 Å². The average molecular weight is 383 g/mol. The fourth-order valence-corrected chi connectivity index (χ4v) is 3.68. The van der Waals surface area contributed by atoms with E-state index < -0.39 is 0 Å². The first-order valence-electron chi connectivity index (χ1n) is 10.0. The Bertz CT molecular complexity index is 858. The molecule has 0 aliphatic carbocycles. The predicted molar refractivity (Wildman–Crippen MR) is 112 cm³/mol. The number of carbonyl (C=O) groups excluding carboxylic acids is 2. The molecule has 1 aromatic carbocycles. The molecule has 3 rings (SSSR count). The fourth-order valence-electron chi connectivity index (χ4n) is 3.68. The van der Waals surface area contributed by atoms with Crippen LogP contribution in [0.25, 0.3) is 0 Å². The molecule has 2 heterocycles. The van der Waals surface area contributed by atoms with Crippen LogP contribution in [0.4, 0.5) is 10.5 Å². The molecule has 2 atom stereocenters. The number of aryl methyl sites for hydroxylation is 2. The summed E-state index contributed by atoms with van der Waals surface area (Å²) in [5, 5.41) is 6.00. The van der Waals surface area contributed by atoms with Gasteiger partial charge in [-0.3, -0.25) is 4.79 Å². The summed E-state index contributed by atoms with van der Waals surface area (Å²) in [6.07, 6.45) is 4.87. The molecule has 28 heavy (non-hydrogen) atoms. The molecule has 2 aromatic rings. The van der Waals surface area contributed by atoms with Crippen molar-refractivity contribution in [2.45, 2.75) is 52.1 Å². The minimum atomic E-state index is -0.0939. The smallest absolute Gasteiger partial charge is 0.322 e. The Morgan fingerprint density at radius 1 is 1.29 bits per heavy atom. The highest BCUT2D eigenvalue weighted by Crippen LogP contribution is 2.32. The zero-order chi connectivity index (χ0) is 20.3. The third kappa shape index (κ3) is 4.21. The van der Waals surface area contributed by atoms with E-state index in [4.69, 9.17) is 0 Å². The molecule has 6 heteroatoms. The fraction of sp³-hybridized carbons (Fsp3) is 0.455. The number of urea groups is 1. The summed E-state index contributed by atoms with van der Waals surface area (Å²) < 4.78 is 2.08. The van der Waals surface area contributed by atoms with Crippen molar-refractivity contribution < 1.29 is 9.59 Å². The van der Waals surface area contributed by atoms with Crippen molar-refractivity contribution in [2.24, 2.45) is 7.05 Å². The van der Waals surface area contributed by atoms with E-state index in [9.17, 15) is 9.59 Å². The first kappa shape index (κ1) is 20.0. The normalized spacial score (nSPS) is 17.4. The van der Waals surface area contributed by atoms with E-state index in [-0.39, 0.29) is 24.0 Å². The molecular weight excluding hydrogens is 352 g/mol. The van der Waals surface area contributed by atoms with Gasteiger partial charge in [0.1, 0.15) is 0 Å². The zero-order valence-corrected chi connectivity index (χ0v) is 17.2. The molecular formula is C22H30N4O2. The number of nitrogens with zero attached hydrogens (tertiary/aromatic N) is 2. The SMILES string of the molecule is CCC(C)NC(=O)c1ccc(NC(=O)N2CCCC2c2cccn2C)c(C)c1. The van der Waals surface area contributed by atoms with Crippen LogP contribution in [-0.2, 0) is 7.05 Å². The molecule has 3 amide bonds. The Morgan fingerprint density at radius 2 is 2.07 bits per heavy atom. The van der Waals surface area contributed by atoms with Crippen molar-refractivity contribution >= 4 is 17.6 Å². The minimum Gasteiger partial charge on any atom is -0.353 e. The first-order chi connectivity index (χ1) is 13.4. The average Bonchev–Trinajstić information content (AvgIpc) is 3.31. The van der Waals surface area contributed by atoms with E-state index >= 15 is 0 Å². The number of hydrogen-bond donors (Lipinski definition) is 2. The van der Waals surface area contributed by atoms with Gasteiger partial charge in [0.2, 0.25) is 0 Å². The molecule has 0 saturated carbocycles. The van der Waals surface area contributed by atoms with Gasteiger partial charge in [-0.25, -0.2) is 4.79 Å².